The molecule has 0 heterocycles. The number of halogens is 1. The maximum absolute atomic E-state index is 15.7. The van der Waals surface area contributed by atoms with Crippen molar-refractivity contribution >= 4 is 29.0 Å². The van der Waals surface area contributed by atoms with E-state index < -0.39 is 75.9 Å². The molecule has 0 bridgehead atoms. The standard InChI is InChI=1S/C26H32FN3O7/c1-5-30(6-2)10-12-9-15(31)17-13(19(12)27)7-11-8-14-20(29(3)4)22(33)18(25(28)36)24(35)26(14,37)23(34)16(11)21(17)32/h9,11,14,16,18,20,31,37H,5-8,10H2,1-4H3,(H2,28,36)/t11-,14-,16?,18?,20-,26-/m0/s1. The molecule has 3 aliphatic carbocycles. The zero-order valence-electron chi connectivity index (χ0n) is 21.3. The van der Waals surface area contributed by atoms with Gasteiger partial charge in [0.1, 0.15) is 11.6 Å². The molecule has 0 spiro atoms. The van der Waals surface area contributed by atoms with E-state index >= 15 is 4.39 Å². The van der Waals surface area contributed by atoms with E-state index in [0.717, 1.165) is 0 Å². The van der Waals surface area contributed by atoms with Crippen molar-refractivity contribution in [3.63, 3.8) is 0 Å². The maximum atomic E-state index is 15.7. The number of likely N-dealkylation sites (N-methyl/N-ethyl adjacent to an activating group) is 1. The van der Waals surface area contributed by atoms with E-state index in [-0.39, 0.29) is 36.1 Å². The Morgan fingerprint density at radius 3 is 2.32 bits per heavy atom. The first-order valence-corrected chi connectivity index (χ1v) is 12.4. The second-order valence-corrected chi connectivity index (χ2v) is 10.5. The van der Waals surface area contributed by atoms with Gasteiger partial charge >= 0.3 is 0 Å². The van der Waals surface area contributed by atoms with E-state index in [1.807, 2.05) is 18.7 Å². The lowest BCUT2D eigenvalue weighted by Crippen LogP contribution is -2.74. The van der Waals surface area contributed by atoms with Crippen LogP contribution < -0.4 is 5.73 Å². The normalized spacial score (nSPS) is 31.4. The minimum Gasteiger partial charge on any atom is -0.507 e. The summed E-state index contributed by atoms with van der Waals surface area (Å²) >= 11 is 0. The minimum atomic E-state index is -2.80. The Morgan fingerprint density at radius 2 is 1.78 bits per heavy atom. The molecule has 4 rings (SSSR count). The van der Waals surface area contributed by atoms with E-state index in [4.69, 9.17) is 5.73 Å². The van der Waals surface area contributed by atoms with Crippen molar-refractivity contribution in [1.82, 2.24) is 9.80 Å². The first-order chi connectivity index (χ1) is 17.3. The van der Waals surface area contributed by atoms with Crippen LogP contribution in [0.3, 0.4) is 0 Å². The number of ketones is 4. The van der Waals surface area contributed by atoms with Crippen LogP contribution >= 0.6 is 0 Å². The number of amides is 1. The second-order valence-electron chi connectivity index (χ2n) is 10.5. The third-order valence-corrected chi connectivity index (χ3v) is 8.36. The van der Waals surface area contributed by atoms with Gasteiger partial charge in [-0.15, -0.1) is 0 Å². The lowest BCUT2D eigenvalue weighted by Gasteiger charge is -2.52. The highest BCUT2D eigenvalue weighted by Gasteiger charge is 2.69. The molecule has 2 unspecified atom stereocenters. The van der Waals surface area contributed by atoms with Crippen LogP contribution in [0.2, 0.25) is 0 Å². The highest BCUT2D eigenvalue weighted by molar-refractivity contribution is 6.32. The molecular weight excluding hydrogens is 485 g/mol. The smallest absolute Gasteiger partial charge is 0.235 e. The van der Waals surface area contributed by atoms with Crippen molar-refractivity contribution in [2.24, 2.45) is 29.4 Å². The van der Waals surface area contributed by atoms with Crippen molar-refractivity contribution in [2.45, 2.75) is 44.9 Å². The summed E-state index contributed by atoms with van der Waals surface area (Å²) in [6.45, 7) is 5.33. The number of aliphatic hydroxyl groups is 1. The number of phenols is 1. The largest absolute Gasteiger partial charge is 0.507 e. The van der Waals surface area contributed by atoms with Gasteiger partial charge in [0.25, 0.3) is 0 Å². The molecular formula is C26H32FN3O7. The summed E-state index contributed by atoms with van der Waals surface area (Å²) in [4.78, 5) is 68.9. The van der Waals surface area contributed by atoms with Gasteiger partial charge in [-0.25, -0.2) is 4.39 Å². The number of benzene rings is 1. The summed E-state index contributed by atoms with van der Waals surface area (Å²) < 4.78 is 15.7. The minimum absolute atomic E-state index is 0.0171. The molecule has 1 amide bonds. The SMILES string of the molecule is CCN(CC)Cc1cc(O)c2c(c1F)C[C@H]1C[C@H]3[C@H](N(C)C)C(=O)C(C(N)=O)C(=O)[C@@]3(O)C(=O)C1C2=O. The summed E-state index contributed by atoms with van der Waals surface area (Å²) in [5.41, 5.74) is 2.35. The number of phenolic OH excluding ortho intramolecular Hbond substituents is 1. The Balaban J connectivity index is 1.83. The number of carbonyl (C=O) groups excluding carboxylic acids is 5. The fourth-order valence-electron chi connectivity index (χ4n) is 6.51. The topological polar surface area (TPSA) is 158 Å². The second kappa shape index (κ2) is 9.38. The molecule has 37 heavy (non-hydrogen) atoms. The van der Waals surface area contributed by atoms with Crippen LogP contribution in [0, 0.1) is 29.5 Å². The number of primary amides is 1. The van der Waals surface area contributed by atoms with E-state index in [9.17, 15) is 34.2 Å². The number of hydrogen-bond acceptors (Lipinski definition) is 9. The van der Waals surface area contributed by atoms with Crippen molar-refractivity contribution in [3.8, 4) is 5.75 Å². The number of nitrogens with two attached hydrogens (primary N) is 1. The Bertz CT molecular complexity index is 1210. The zero-order valence-corrected chi connectivity index (χ0v) is 21.3. The monoisotopic (exact) mass is 517 g/mol. The number of Topliss-reactive ketones (excluding diaryl/α,β-unsaturated/α-hetero) is 4. The summed E-state index contributed by atoms with van der Waals surface area (Å²) in [6, 6.07) is -0.0284. The summed E-state index contributed by atoms with van der Waals surface area (Å²) in [7, 11) is 3.01. The Morgan fingerprint density at radius 1 is 1.16 bits per heavy atom. The lowest BCUT2D eigenvalue weighted by molar-refractivity contribution is -0.181. The molecule has 200 valence electrons. The molecule has 0 radical (unpaired) electrons. The van der Waals surface area contributed by atoms with Gasteiger partial charge < -0.3 is 15.9 Å². The molecule has 11 heteroatoms. The molecule has 6 atom stereocenters. The van der Waals surface area contributed by atoms with Crippen molar-refractivity contribution < 1.29 is 38.6 Å². The highest BCUT2D eigenvalue weighted by Crippen LogP contribution is 2.51. The van der Waals surface area contributed by atoms with Crippen LogP contribution in [0.4, 0.5) is 4.39 Å². The highest BCUT2D eigenvalue weighted by atomic mass is 19.1. The number of hydrogen-bond donors (Lipinski definition) is 3. The fourth-order valence-corrected chi connectivity index (χ4v) is 6.51. The molecule has 0 saturated heterocycles. The molecule has 2 fully saturated rings. The Hall–Kier alpha value is -3.02. The van der Waals surface area contributed by atoms with Crippen molar-refractivity contribution in [1.29, 1.82) is 0 Å². The van der Waals surface area contributed by atoms with Crippen molar-refractivity contribution in [2.75, 3.05) is 27.2 Å². The maximum Gasteiger partial charge on any atom is 0.235 e. The number of rotatable bonds is 6. The Kier molecular flexibility index (Phi) is 6.85. The van der Waals surface area contributed by atoms with Gasteiger partial charge in [0.2, 0.25) is 5.91 Å². The van der Waals surface area contributed by atoms with Gasteiger partial charge in [-0.3, -0.25) is 33.8 Å². The first-order valence-electron chi connectivity index (χ1n) is 12.4. The van der Waals surface area contributed by atoms with Crippen LogP contribution in [-0.4, -0.2) is 87.9 Å². The lowest BCUT2D eigenvalue weighted by atomic mass is 9.52. The average molecular weight is 518 g/mol. The zero-order chi connectivity index (χ0) is 27.6. The van der Waals surface area contributed by atoms with E-state index in [2.05, 4.69) is 0 Å². The van der Waals surface area contributed by atoms with E-state index in [1.165, 1.54) is 25.1 Å². The number of fused-ring (bicyclic) bond motifs is 3. The summed E-state index contributed by atoms with van der Waals surface area (Å²) in [6.07, 6.45) is -0.221. The van der Waals surface area contributed by atoms with Gasteiger partial charge in [-0.05, 0) is 52.0 Å². The van der Waals surface area contributed by atoms with E-state index in [0.29, 0.717) is 13.1 Å². The fraction of sp³-hybridized carbons (Fsp3) is 0.577. The molecule has 1 aromatic carbocycles. The number of carbonyl (C=O) groups is 5. The summed E-state index contributed by atoms with van der Waals surface area (Å²) in [5.74, 6) is -12.2. The van der Waals surface area contributed by atoms with Crippen LogP contribution in [0.1, 0.15) is 41.8 Å². The van der Waals surface area contributed by atoms with Gasteiger partial charge in [-0.1, -0.05) is 13.8 Å². The van der Waals surface area contributed by atoms with Gasteiger partial charge in [0.15, 0.2) is 34.7 Å². The molecule has 3 aliphatic rings. The molecule has 4 N–H and O–H groups in total. The van der Waals surface area contributed by atoms with Gasteiger partial charge in [-0.2, -0.15) is 0 Å². The van der Waals surface area contributed by atoms with Crippen molar-refractivity contribution in [3.05, 3.63) is 28.6 Å². The number of aromatic hydroxyl groups is 1. The predicted molar refractivity (Wildman–Crippen MR) is 128 cm³/mol. The van der Waals surface area contributed by atoms with Crippen LogP contribution in [-0.2, 0) is 32.1 Å². The van der Waals surface area contributed by atoms with Gasteiger partial charge in [0, 0.05) is 23.6 Å². The van der Waals surface area contributed by atoms with Gasteiger partial charge in [0.05, 0.1) is 17.5 Å². The molecule has 1 aromatic rings. The third-order valence-electron chi connectivity index (χ3n) is 8.36. The molecule has 2 saturated carbocycles. The third kappa shape index (κ3) is 3.82. The number of nitrogens with zero attached hydrogens (tertiary/aromatic N) is 2. The summed E-state index contributed by atoms with van der Waals surface area (Å²) in [5, 5.41) is 22.3. The van der Waals surface area contributed by atoms with Crippen LogP contribution in [0.15, 0.2) is 6.07 Å². The quantitative estimate of drug-likeness (QED) is 0.436. The van der Waals surface area contributed by atoms with Crippen LogP contribution in [0.25, 0.3) is 0 Å². The first kappa shape index (κ1) is 27.0. The molecule has 0 aliphatic heterocycles. The molecule has 10 nitrogen and oxygen atoms in total. The average Bonchev–Trinajstić information content (AvgIpc) is 2.82. The Labute approximate surface area is 213 Å². The van der Waals surface area contributed by atoms with Crippen LogP contribution in [0.5, 0.6) is 5.75 Å². The molecule has 0 aromatic heterocycles. The predicted octanol–water partition coefficient (Wildman–Crippen LogP) is -0.152. The van der Waals surface area contributed by atoms with E-state index in [1.54, 1.807) is 0 Å².